The average Bonchev–Trinajstić information content (AvgIpc) is 2.99. The first-order valence-corrected chi connectivity index (χ1v) is 8.79. The minimum absolute atomic E-state index is 0.0988. The van der Waals surface area contributed by atoms with Gasteiger partial charge in [0.1, 0.15) is 0 Å². The van der Waals surface area contributed by atoms with E-state index in [0.717, 1.165) is 19.3 Å². The van der Waals surface area contributed by atoms with Crippen LogP contribution in [0.3, 0.4) is 0 Å². The molecule has 1 aromatic heterocycles. The molecule has 0 amide bonds. The lowest BCUT2D eigenvalue weighted by atomic mass is 9.47. The Bertz CT molecular complexity index is 518. The van der Waals surface area contributed by atoms with Gasteiger partial charge in [0.05, 0.1) is 12.5 Å². The summed E-state index contributed by atoms with van der Waals surface area (Å²) in [5.74, 6) is 1.20. The summed E-state index contributed by atoms with van der Waals surface area (Å²) in [7, 11) is 0. The number of fused-ring (bicyclic) bond motifs is 1. The summed E-state index contributed by atoms with van der Waals surface area (Å²) in [6.45, 7) is 9.52. The fourth-order valence-electron chi connectivity index (χ4n) is 5.55. The first-order chi connectivity index (χ1) is 10.5. The molecule has 0 aromatic carbocycles. The standard InChI is InChI=1S/C20H30O2/c1-15-5-8-18-19(2,14-21)10-4-11-20(18,3)17(15)7-6-16-9-12-22-13-16/h9,12-13,17-18,21H,1,4-8,10-11,14H2,2-3H3/t17-,18-,19+,20+/m0/s1. The highest BCUT2D eigenvalue weighted by atomic mass is 16.3. The lowest BCUT2D eigenvalue weighted by molar-refractivity contribution is -0.0858. The normalized spacial score (nSPS) is 38.8. The van der Waals surface area contributed by atoms with Gasteiger partial charge >= 0.3 is 0 Å². The van der Waals surface area contributed by atoms with Crippen molar-refractivity contribution in [1.29, 1.82) is 0 Å². The van der Waals surface area contributed by atoms with E-state index in [2.05, 4.69) is 26.5 Å². The molecule has 2 aliphatic rings. The van der Waals surface area contributed by atoms with Gasteiger partial charge in [-0.05, 0) is 72.8 Å². The van der Waals surface area contributed by atoms with Crippen molar-refractivity contribution < 1.29 is 9.52 Å². The summed E-state index contributed by atoms with van der Waals surface area (Å²) in [6.07, 6.45) is 11.9. The van der Waals surface area contributed by atoms with E-state index in [1.165, 1.54) is 36.8 Å². The summed E-state index contributed by atoms with van der Waals surface area (Å²) in [6, 6.07) is 2.07. The molecule has 2 nitrogen and oxygen atoms in total. The van der Waals surface area contributed by atoms with Gasteiger partial charge in [-0.25, -0.2) is 0 Å². The Morgan fingerprint density at radius 3 is 2.86 bits per heavy atom. The molecular weight excluding hydrogens is 272 g/mol. The van der Waals surface area contributed by atoms with Crippen LogP contribution in [0.1, 0.15) is 57.9 Å². The summed E-state index contributed by atoms with van der Waals surface area (Å²) in [5, 5.41) is 10.0. The molecule has 4 atom stereocenters. The third kappa shape index (κ3) is 2.56. The molecular formula is C20H30O2. The van der Waals surface area contributed by atoms with Crippen LogP contribution >= 0.6 is 0 Å². The second-order valence-electron chi connectivity index (χ2n) is 8.14. The zero-order valence-corrected chi connectivity index (χ0v) is 14.1. The average molecular weight is 302 g/mol. The van der Waals surface area contributed by atoms with Crippen LogP contribution in [0.2, 0.25) is 0 Å². The summed E-state index contributed by atoms with van der Waals surface area (Å²) in [4.78, 5) is 0. The molecule has 2 aliphatic carbocycles. The second-order valence-corrected chi connectivity index (χ2v) is 8.14. The van der Waals surface area contributed by atoms with E-state index >= 15 is 0 Å². The first-order valence-electron chi connectivity index (χ1n) is 8.79. The number of aliphatic hydroxyl groups excluding tert-OH is 1. The SMILES string of the molecule is C=C1CC[C@H]2[C@@](C)(CO)CCC[C@]2(C)[C@H]1CCc1ccoc1. The van der Waals surface area contributed by atoms with Crippen molar-refractivity contribution in [3.05, 3.63) is 36.3 Å². The van der Waals surface area contributed by atoms with Crippen molar-refractivity contribution in [2.45, 2.75) is 58.8 Å². The predicted octanol–water partition coefficient (Wildman–Crippen LogP) is 4.98. The van der Waals surface area contributed by atoms with Crippen molar-refractivity contribution >= 4 is 0 Å². The number of allylic oxidation sites excluding steroid dienone is 1. The van der Waals surface area contributed by atoms with Gasteiger partial charge in [-0.1, -0.05) is 32.4 Å². The Morgan fingerprint density at radius 2 is 2.18 bits per heavy atom. The topological polar surface area (TPSA) is 33.4 Å². The number of aryl methyl sites for hydroxylation is 1. The van der Waals surface area contributed by atoms with E-state index in [-0.39, 0.29) is 5.41 Å². The van der Waals surface area contributed by atoms with Crippen molar-refractivity contribution in [2.75, 3.05) is 6.61 Å². The number of hydrogen-bond donors (Lipinski definition) is 1. The van der Waals surface area contributed by atoms with Gasteiger partial charge in [-0.3, -0.25) is 0 Å². The molecule has 1 aromatic rings. The molecule has 0 spiro atoms. The smallest absolute Gasteiger partial charge is 0.0934 e. The van der Waals surface area contributed by atoms with E-state index in [1.807, 2.05) is 6.26 Å². The van der Waals surface area contributed by atoms with Crippen LogP contribution in [0, 0.1) is 22.7 Å². The molecule has 22 heavy (non-hydrogen) atoms. The van der Waals surface area contributed by atoms with Gasteiger partial charge in [0.15, 0.2) is 0 Å². The van der Waals surface area contributed by atoms with Gasteiger partial charge in [-0.15, -0.1) is 0 Å². The maximum absolute atomic E-state index is 10.0. The van der Waals surface area contributed by atoms with E-state index in [9.17, 15) is 5.11 Å². The van der Waals surface area contributed by atoms with Crippen LogP contribution in [0.4, 0.5) is 0 Å². The Morgan fingerprint density at radius 1 is 1.36 bits per heavy atom. The van der Waals surface area contributed by atoms with Crippen molar-refractivity contribution in [3.8, 4) is 0 Å². The molecule has 2 fully saturated rings. The van der Waals surface area contributed by atoms with Crippen LogP contribution < -0.4 is 0 Å². The lowest BCUT2D eigenvalue weighted by Crippen LogP contribution is -2.51. The van der Waals surface area contributed by atoms with Gasteiger partial charge in [0.2, 0.25) is 0 Å². The number of hydrogen-bond acceptors (Lipinski definition) is 2. The molecule has 1 heterocycles. The molecule has 0 radical (unpaired) electrons. The molecule has 0 bridgehead atoms. The Balaban J connectivity index is 1.82. The van der Waals surface area contributed by atoms with E-state index in [1.54, 1.807) is 6.26 Å². The minimum atomic E-state index is 0.0988. The molecule has 2 heteroatoms. The lowest BCUT2D eigenvalue weighted by Gasteiger charge is -2.58. The van der Waals surface area contributed by atoms with E-state index in [4.69, 9.17) is 4.42 Å². The van der Waals surface area contributed by atoms with Gasteiger partial charge in [-0.2, -0.15) is 0 Å². The van der Waals surface area contributed by atoms with Crippen LogP contribution in [-0.2, 0) is 6.42 Å². The molecule has 0 unspecified atom stereocenters. The largest absolute Gasteiger partial charge is 0.472 e. The fraction of sp³-hybridized carbons (Fsp3) is 0.700. The van der Waals surface area contributed by atoms with Gasteiger partial charge in [0.25, 0.3) is 0 Å². The zero-order valence-electron chi connectivity index (χ0n) is 14.1. The van der Waals surface area contributed by atoms with Gasteiger partial charge < -0.3 is 9.52 Å². The summed E-state index contributed by atoms with van der Waals surface area (Å²) < 4.78 is 5.21. The van der Waals surface area contributed by atoms with E-state index < -0.39 is 0 Å². The monoisotopic (exact) mass is 302 g/mol. The van der Waals surface area contributed by atoms with Crippen molar-refractivity contribution in [2.24, 2.45) is 22.7 Å². The maximum Gasteiger partial charge on any atom is 0.0934 e. The summed E-state index contributed by atoms with van der Waals surface area (Å²) >= 11 is 0. The predicted molar refractivity (Wildman–Crippen MR) is 89.5 cm³/mol. The third-order valence-corrected chi connectivity index (χ3v) is 6.81. The molecule has 3 rings (SSSR count). The second kappa shape index (κ2) is 5.88. The molecule has 2 saturated carbocycles. The first kappa shape index (κ1) is 15.9. The summed E-state index contributed by atoms with van der Waals surface area (Å²) in [5.41, 5.74) is 3.12. The van der Waals surface area contributed by atoms with E-state index in [0.29, 0.717) is 23.9 Å². The quantitative estimate of drug-likeness (QED) is 0.795. The Hall–Kier alpha value is -1.02. The van der Waals surface area contributed by atoms with Crippen molar-refractivity contribution in [1.82, 2.24) is 0 Å². The number of furan rings is 1. The Labute approximate surface area is 134 Å². The van der Waals surface area contributed by atoms with Crippen molar-refractivity contribution in [3.63, 3.8) is 0 Å². The van der Waals surface area contributed by atoms with Gasteiger partial charge in [0, 0.05) is 6.61 Å². The molecule has 122 valence electrons. The fourth-order valence-corrected chi connectivity index (χ4v) is 5.55. The number of aliphatic hydroxyl groups is 1. The zero-order chi connectivity index (χ0) is 15.8. The van der Waals surface area contributed by atoms with Crippen LogP contribution in [0.5, 0.6) is 0 Å². The Kier molecular flexibility index (Phi) is 4.24. The molecule has 0 saturated heterocycles. The van der Waals surface area contributed by atoms with Crippen LogP contribution in [0.15, 0.2) is 35.2 Å². The molecule has 1 N–H and O–H groups in total. The van der Waals surface area contributed by atoms with Crippen LogP contribution in [0.25, 0.3) is 0 Å². The highest BCUT2D eigenvalue weighted by Crippen LogP contribution is 2.61. The third-order valence-electron chi connectivity index (χ3n) is 6.81. The molecule has 0 aliphatic heterocycles. The number of rotatable bonds is 4. The minimum Gasteiger partial charge on any atom is -0.472 e. The highest BCUT2D eigenvalue weighted by molar-refractivity contribution is 5.17. The highest BCUT2D eigenvalue weighted by Gasteiger charge is 2.53. The van der Waals surface area contributed by atoms with Crippen LogP contribution in [-0.4, -0.2) is 11.7 Å². The maximum atomic E-state index is 10.0.